The number of carbonyl (C=O) groups excluding carboxylic acids is 1. The Morgan fingerprint density at radius 3 is 2.60 bits per heavy atom. The lowest BCUT2D eigenvalue weighted by molar-refractivity contribution is -0.141. The van der Waals surface area contributed by atoms with Crippen molar-refractivity contribution in [2.75, 3.05) is 34.0 Å². The van der Waals surface area contributed by atoms with Crippen LogP contribution in [0.3, 0.4) is 0 Å². The number of amides is 1. The molecule has 118 valence electrons. The third-order valence-electron chi connectivity index (χ3n) is 4.37. The van der Waals surface area contributed by atoms with Crippen LogP contribution in [0.5, 0.6) is 0 Å². The van der Waals surface area contributed by atoms with Gasteiger partial charge in [0.15, 0.2) is 0 Å². The Hall–Kier alpha value is -0.650. The van der Waals surface area contributed by atoms with Crippen LogP contribution in [0.2, 0.25) is 0 Å². The number of carbonyl (C=O) groups is 1. The third kappa shape index (κ3) is 4.72. The van der Waals surface area contributed by atoms with Crippen LogP contribution in [-0.4, -0.2) is 56.9 Å². The molecule has 4 atom stereocenters. The van der Waals surface area contributed by atoms with Crippen LogP contribution < -0.4 is 5.73 Å². The van der Waals surface area contributed by atoms with E-state index >= 15 is 0 Å². The minimum Gasteiger partial charge on any atom is -0.383 e. The van der Waals surface area contributed by atoms with Crippen LogP contribution in [0.15, 0.2) is 0 Å². The summed E-state index contributed by atoms with van der Waals surface area (Å²) in [6.45, 7) is 5.89. The summed E-state index contributed by atoms with van der Waals surface area (Å²) in [6.07, 6.45) is 2.77. The standard InChI is InChI=1S/C15H30N2O3/c1-11-5-6-13(9-14(11)16)15(18)17(7-8-19-3)12(2)10-20-4/h11-14H,5-10,16H2,1-4H3. The minimum atomic E-state index is 0.0531. The summed E-state index contributed by atoms with van der Waals surface area (Å²) < 4.78 is 10.3. The van der Waals surface area contributed by atoms with Crippen molar-refractivity contribution in [3.63, 3.8) is 0 Å². The maximum absolute atomic E-state index is 12.7. The highest BCUT2D eigenvalue weighted by atomic mass is 16.5. The fourth-order valence-corrected chi connectivity index (χ4v) is 2.88. The molecular weight excluding hydrogens is 256 g/mol. The van der Waals surface area contributed by atoms with Gasteiger partial charge in [0.25, 0.3) is 0 Å². The van der Waals surface area contributed by atoms with Crippen molar-refractivity contribution in [3.8, 4) is 0 Å². The van der Waals surface area contributed by atoms with Gasteiger partial charge < -0.3 is 20.1 Å². The van der Waals surface area contributed by atoms with Gasteiger partial charge in [0.1, 0.15) is 0 Å². The summed E-state index contributed by atoms with van der Waals surface area (Å²) >= 11 is 0. The molecule has 0 heterocycles. The number of hydrogen-bond acceptors (Lipinski definition) is 4. The first kappa shape index (κ1) is 17.4. The number of methoxy groups -OCH3 is 2. The minimum absolute atomic E-state index is 0.0531. The zero-order chi connectivity index (χ0) is 15.1. The fraction of sp³-hybridized carbons (Fsp3) is 0.933. The van der Waals surface area contributed by atoms with Crippen LogP contribution >= 0.6 is 0 Å². The van der Waals surface area contributed by atoms with E-state index in [9.17, 15) is 4.79 Å². The highest BCUT2D eigenvalue weighted by Gasteiger charge is 2.33. The van der Waals surface area contributed by atoms with E-state index < -0.39 is 0 Å². The molecule has 0 aromatic heterocycles. The van der Waals surface area contributed by atoms with E-state index in [1.54, 1.807) is 14.2 Å². The van der Waals surface area contributed by atoms with E-state index in [0.29, 0.717) is 25.7 Å². The second-order valence-corrected chi connectivity index (χ2v) is 5.98. The molecule has 0 aliphatic heterocycles. The Bertz CT molecular complexity index is 299. The van der Waals surface area contributed by atoms with Gasteiger partial charge in [-0.15, -0.1) is 0 Å². The molecule has 0 aromatic rings. The van der Waals surface area contributed by atoms with Gasteiger partial charge in [-0.2, -0.15) is 0 Å². The van der Waals surface area contributed by atoms with Crippen molar-refractivity contribution < 1.29 is 14.3 Å². The fourth-order valence-electron chi connectivity index (χ4n) is 2.88. The number of hydrogen-bond donors (Lipinski definition) is 1. The number of nitrogens with zero attached hydrogens (tertiary/aromatic N) is 1. The van der Waals surface area contributed by atoms with Crippen molar-refractivity contribution in [1.29, 1.82) is 0 Å². The summed E-state index contributed by atoms with van der Waals surface area (Å²) in [6, 6.07) is 0.206. The Balaban J connectivity index is 2.66. The molecule has 4 unspecified atom stereocenters. The van der Waals surface area contributed by atoms with Crippen LogP contribution in [0.4, 0.5) is 0 Å². The topological polar surface area (TPSA) is 64.8 Å². The zero-order valence-electron chi connectivity index (χ0n) is 13.3. The van der Waals surface area contributed by atoms with Gasteiger partial charge in [-0.1, -0.05) is 6.92 Å². The molecule has 2 N–H and O–H groups in total. The van der Waals surface area contributed by atoms with Crippen LogP contribution in [0, 0.1) is 11.8 Å². The van der Waals surface area contributed by atoms with Crippen molar-refractivity contribution >= 4 is 5.91 Å². The Kier molecular flexibility index (Phi) is 7.48. The van der Waals surface area contributed by atoms with E-state index in [0.717, 1.165) is 19.3 Å². The molecule has 1 fully saturated rings. The van der Waals surface area contributed by atoms with Gasteiger partial charge >= 0.3 is 0 Å². The van der Waals surface area contributed by atoms with Crippen molar-refractivity contribution in [2.24, 2.45) is 17.6 Å². The summed E-state index contributed by atoms with van der Waals surface area (Å²) in [5.41, 5.74) is 6.12. The second kappa shape index (κ2) is 8.60. The summed E-state index contributed by atoms with van der Waals surface area (Å²) in [5, 5.41) is 0. The SMILES string of the molecule is COCCN(C(=O)C1CCC(C)C(N)C1)C(C)COC. The highest BCUT2D eigenvalue weighted by molar-refractivity contribution is 5.79. The normalized spacial score (nSPS) is 28.1. The van der Waals surface area contributed by atoms with Crippen molar-refractivity contribution in [1.82, 2.24) is 4.90 Å². The first-order valence-electron chi connectivity index (χ1n) is 7.55. The second-order valence-electron chi connectivity index (χ2n) is 5.98. The molecule has 5 heteroatoms. The van der Waals surface area contributed by atoms with Gasteiger partial charge in [-0.25, -0.2) is 0 Å². The maximum Gasteiger partial charge on any atom is 0.226 e. The number of ether oxygens (including phenoxy) is 2. The van der Waals surface area contributed by atoms with Crippen molar-refractivity contribution in [3.05, 3.63) is 0 Å². The Labute approximate surface area is 122 Å². The molecule has 0 spiro atoms. The Morgan fingerprint density at radius 2 is 2.05 bits per heavy atom. The zero-order valence-corrected chi connectivity index (χ0v) is 13.3. The van der Waals surface area contributed by atoms with Gasteiger partial charge in [0.05, 0.1) is 19.3 Å². The predicted molar refractivity (Wildman–Crippen MR) is 79.4 cm³/mol. The monoisotopic (exact) mass is 286 g/mol. The molecule has 1 saturated carbocycles. The lowest BCUT2D eigenvalue weighted by Crippen LogP contribution is -2.48. The largest absolute Gasteiger partial charge is 0.383 e. The molecule has 1 rings (SSSR count). The first-order chi connectivity index (χ1) is 9.51. The lowest BCUT2D eigenvalue weighted by atomic mass is 9.79. The van der Waals surface area contributed by atoms with E-state index in [2.05, 4.69) is 6.92 Å². The summed E-state index contributed by atoms with van der Waals surface area (Å²) in [5.74, 6) is 0.772. The predicted octanol–water partition coefficient (Wildman–Crippen LogP) is 1.26. The van der Waals surface area contributed by atoms with Crippen LogP contribution in [0.25, 0.3) is 0 Å². The quantitative estimate of drug-likeness (QED) is 0.765. The van der Waals surface area contributed by atoms with Crippen LogP contribution in [0.1, 0.15) is 33.1 Å². The number of rotatable bonds is 7. The van der Waals surface area contributed by atoms with Gasteiger partial charge in [0, 0.05) is 32.7 Å². The highest BCUT2D eigenvalue weighted by Crippen LogP contribution is 2.29. The molecular formula is C15H30N2O3. The smallest absolute Gasteiger partial charge is 0.226 e. The number of nitrogens with two attached hydrogens (primary N) is 1. The molecule has 0 radical (unpaired) electrons. The lowest BCUT2D eigenvalue weighted by Gasteiger charge is -2.36. The molecule has 1 aliphatic carbocycles. The van der Waals surface area contributed by atoms with E-state index in [-0.39, 0.29) is 23.9 Å². The van der Waals surface area contributed by atoms with E-state index in [1.165, 1.54) is 0 Å². The molecule has 20 heavy (non-hydrogen) atoms. The molecule has 0 aromatic carbocycles. The maximum atomic E-state index is 12.7. The molecule has 5 nitrogen and oxygen atoms in total. The average molecular weight is 286 g/mol. The molecule has 1 aliphatic rings. The Morgan fingerprint density at radius 1 is 1.35 bits per heavy atom. The van der Waals surface area contributed by atoms with Gasteiger partial charge in [0.2, 0.25) is 5.91 Å². The van der Waals surface area contributed by atoms with E-state index in [4.69, 9.17) is 15.2 Å². The van der Waals surface area contributed by atoms with Gasteiger partial charge in [-0.05, 0) is 32.1 Å². The molecule has 0 bridgehead atoms. The van der Waals surface area contributed by atoms with E-state index in [1.807, 2.05) is 11.8 Å². The van der Waals surface area contributed by atoms with Gasteiger partial charge in [-0.3, -0.25) is 4.79 Å². The summed E-state index contributed by atoms with van der Waals surface area (Å²) in [4.78, 5) is 14.6. The average Bonchev–Trinajstić information content (AvgIpc) is 2.42. The molecule has 0 saturated heterocycles. The van der Waals surface area contributed by atoms with Crippen molar-refractivity contribution in [2.45, 2.75) is 45.2 Å². The third-order valence-corrected chi connectivity index (χ3v) is 4.37. The first-order valence-corrected chi connectivity index (χ1v) is 7.55. The molecule has 1 amide bonds. The van der Waals surface area contributed by atoms with Crippen LogP contribution in [-0.2, 0) is 14.3 Å². The summed E-state index contributed by atoms with van der Waals surface area (Å²) in [7, 11) is 3.32.